The minimum Gasteiger partial charge on any atom is -0.491 e. The minimum absolute atomic E-state index is 0.0747. The molecule has 0 radical (unpaired) electrons. The monoisotopic (exact) mass is 596 g/mol. The Labute approximate surface area is 254 Å². The lowest BCUT2D eigenvalue weighted by Crippen LogP contribution is -2.37. The van der Waals surface area contributed by atoms with Gasteiger partial charge in [-0.3, -0.25) is 4.79 Å². The van der Waals surface area contributed by atoms with Gasteiger partial charge < -0.3 is 41.4 Å². The third-order valence-electron chi connectivity index (χ3n) is 7.43. The van der Waals surface area contributed by atoms with Crippen LogP contribution in [0.5, 0.6) is 5.75 Å². The SMILES string of the molecule is CCc1c(CN[C@@H](CO)[C@H](O)c2ccccc2)cccc1Nc1c(C(N)=O)cnc2[nH]c(-c3ccc(OCCO)cc3)nc12. The Morgan fingerprint density at radius 3 is 2.50 bits per heavy atom. The number of aromatic amines is 1. The fourth-order valence-electron chi connectivity index (χ4n) is 5.14. The predicted molar refractivity (Wildman–Crippen MR) is 169 cm³/mol. The molecule has 2 atom stereocenters. The molecule has 0 saturated carbocycles. The molecule has 0 bridgehead atoms. The molecule has 44 heavy (non-hydrogen) atoms. The highest BCUT2D eigenvalue weighted by Crippen LogP contribution is 2.33. The molecule has 0 aliphatic rings. The van der Waals surface area contributed by atoms with Gasteiger partial charge in [0.05, 0.1) is 36.6 Å². The molecule has 0 spiro atoms. The van der Waals surface area contributed by atoms with Crippen molar-refractivity contribution in [3.05, 3.63) is 101 Å². The number of hydrogen-bond donors (Lipinski definition) is 7. The predicted octanol–water partition coefficient (Wildman–Crippen LogP) is 3.59. The molecule has 228 valence electrons. The number of imidazole rings is 1. The molecule has 11 heteroatoms. The summed E-state index contributed by atoms with van der Waals surface area (Å²) in [6.07, 6.45) is 1.21. The second kappa shape index (κ2) is 14.1. The average molecular weight is 597 g/mol. The van der Waals surface area contributed by atoms with Gasteiger partial charge in [0.15, 0.2) is 5.65 Å². The van der Waals surface area contributed by atoms with Crippen LogP contribution in [0, 0.1) is 0 Å². The summed E-state index contributed by atoms with van der Waals surface area (Å²) in [5, 5.41) is 36.6. The van der Waals surface area contributed by atoms with E-state index < -0.39 is 18.1 Å². The quantitative estimate of drug-likeness (QED) is 0.101. The van der Waals surface area contributed by atoms with Crippen LogP contribution in [0.25, 0.3) is 22.6 Å². The van der Waals surface area contributed by atoms with Crippen LogP contribution in [0.4, 0.5) is 11.4 Å². The van der Waals surface area contributed by atoms with E-state index in [0.717, 1.165) is 27.9 Å². The van der Waals surface area contributed by atoms with Crippen molar-refractivity contribution in [2.45, 2.75) is 32.0 Å². The number of rotatable bonds is 14. The van der Waals surface area contributed by atoms with Crippen LogP contribution < -0.4 is 21.1 Å². The number of pyridine rings is 1. The zero-order valence-electron chi connectivity index (χ0n) is 24.3. The lowest BCUT2D eigenvalue weighted by molar-refractivity contribution is 0.0891. The van der Waals surface area contributed by atoms with Gasteiger partial charge in [-0.2, -0.15) is 0 Å². The molecule has 2 aromatic heterocycles. The molecule has 8 N–H and O–H groups in total. The molecule has 0 saturated heterocycles. The van der Waals surface area contributed by atoms with Crippen LogP contribution in [0.3, 0.4) is 0 Å². The van der Waals surface area contributed by atoms with Gasteiger partial charge in [0, 0.05) is 24.0 Å². The van der Waals surface area contributed by atoms with Crippen molar-refractivity contribution in [1.29, 1.82) is 0 Å². The first-order valence-corrected chi connectivity index (χ1v) is 14.4. The highest BCUT2D eigenvalue weighted by molar-refractivity contribution is 6.06. The second-order valence-electron chi connectivity index (χ2n) is 10.2. The largest absolute Gasteiger partial charge is 0.491 e. The van der Waals surface area contributed by atoms with Gasteiger partial charge in [-0.1, -0.05) is 49.4 Å². The Balaban J connectivity index is 1.44. The summed E-state index contributed by atoms with van der Waals surface area (Å²) in [5.74, 6) is 0.525. The highest BCUT2D eigenvalue weighted by Gasteiger charge is 2.22. The number of ether oxygens (including phenoxy) is 1. The number of hydrogen-bond acceptors (Lipinski definition) is 9. The molecule has 11 nitrogen and oxygen atoms in total. The molecule has 5 aromatic rings. The first kappa shape index (κ1) is 30.6. The number of H-pyrrole nitrogens is 1. The highest BCUT2D eigenvalue weighted by atomic mass is 16.5. The fourth-order valence-corrected chi connectivity index (χ4v) is 5.14. The van der Waals surface area contributed by atoms with Gasteiger partial charge in [-0.25, -0.2) is 9.97 Å². The number of aliphatic hydroxyl groups excluding tert-OH is 3. The van der Waals surface area contributed by atoms with Crippen LogP contribution in [0.15, 0.2) is 79.0 Å². The van der Waals surface area contributed by atoms with E-state index in [-0.39, 0.29) is 25.4 Å². The maximum absolute atomic E-state index is 12.5. The number of aliphatic hydroxyl groups is 3. The summed E-state index contributed by atoms with van der Waals surface area (Å²) in [6, 6.07) is 21.7. The Kier molecular flexibility index (Phi) is 9.82. The van der Waals surface area contributed by atoms with Crippen LogP contribution >= 0.6 is 0 Å². The smallest absolute Gasteiger partial charge is 0.252 e. The van der Waals surface area contributed by atoms with Crippen molar-refractivity contribution < 1.29 is 24.9 Å². The number of nitrogens with two attached hydrogens (primary N) is 1. The summed E-state index contributed by atoms with van der Waals surface area (Å²) in [7, 11) is 0. The van der Waals surface area contributed by atoms with Gasteiger partial charge >= 0.3 is 0 Å². The van der Waals surface area contributed by atoms with E-state index in [1.165, 1.54) is 6.20 Å². The number of carbonyl (C=O) groups is 1. The van der Waals surface area contributed by atoms with E-state index in [1.807, 2.05) is 67.6 Å². The Hall–Kier alpha value is -4.81. The third kappa shape index (κ3) is 6.71. The lowest BCUT2D eigenvalue weighted by atomic mass is 10.00. The molecule has 0 aliphatic heterocycles. The molecule has 1 amide bonds. The summed E-state index contributed by atoms with van der Waals surface area (Å²) in [6.45, 7) is 2.31. The molecule has 0 fully saturated rings. The molecular formula is C33H36N6O5. The topological polar surface area (TPSA) is 179 Å². The summed E-state index contributed by atoms with van der Waals surface area (Å²) >= 11 is 0. The molecular weight excluding hydrogens is 560 g/mol. The van der Waals surface area contributed by atoms with Crippen molar-refractivity contribution in [2.24, 2.45) is 5.73 Å². The van der Waals surface area contributed by atoms with Crippen molar-refractivity contribution >= 4 is 28.4 Å². The normalized spacial score (nSPS) is 12.6. The number of anilines is 2. The average Bonchev–Trinajstić information content (AvgIpc) is 3.50. The maximum atomic E-state index is 12.5. The van der Waals surface area contributed by atoms with Gasteiger partial charge in [0.2, 0.25) is 0 Å². The third-order valence-corrected chi connectivity index (χ3v) is 7.43. The summed E-state index contributed by atoms with van der Waals surface area (Å²) < 4.78 is 5.45. The van der Waals surface area contributed by atoms with E-state index in [0.29, 0.717) is 41.4 Å². The van der Waals surface area contributed by atoms with E-state index in [4.69, 9.17) is 20.6 Å². The number of nitrogens with zero attached hydrogens (tertiary/aromatic N) is 2. The van der Waals surface area contributed by atoms with Crippen LogP contribution in [0.1, 0.15) is 40.1 Å². The zero-order chi connectivity index (χ0) is 31.1. The molecule has 0 unspecified atom stereocenters. The van der Waals surface area contributed by atoms with Crippen LogP contribution in [-0.2, 0) is 13.0 Å². The first-order valence-electron chi connectivity index (χ1n) is 14.4. The van der Waals surface area contributed by atoms with E-state index in [2.05, 4.69) is 20.6 Å². The number of carbonyl (C=O) groups excluding carboxylic acids is 1. The van der Waals surface area contributed by atoms with Crippen LogP contribution in [0.2, 0.25) is 0 Å². The summed E-state index contributed by atoms with van der Waals surface area (Å²) in [5.41, 5.74) is 11.5. The van der Waals surface area contributed by atoms with E-state index >= 15 is 0 Å². The van der Waals surface area contributed by atoms with Gasteiger partial charge in [-0.15, -0.1) is 0 Å². The number of fused-ring (bicyclic) bond motifs is 1. The summed E-state index contributed by atoms with van der Waals surface area (Å²) in [4.78, 5) is 24.9. The Bertz CT molecular complexity index is 1710. The molecule has 5 rings (SSSR count). The van der Waals surface area contributed by atoms with Crippen molar-refractivity contribution in [3.8, 4) is 17.1 Å². The van der Waals surface area contributed by atoms with Gasteiger partial charge in [0.1, 0.15) is 23.7 Å². The maximum Gasteiger partial charge on any atom is 0.252 e. The van der Waals surface area contributed by atoms with Crippen LogP contribution in [-0.4, -0.2) is 62.0 Å². The van der Waals surface area contributed by atoms with Gasteiger partial charge in [-0.05, 0) is 53.4 Å². The van der Waals surface area contributed by atoms with Crippen molar-refractivity contribution in [1.82, 2.24) is 20.3 Å². The molecule has 0 aliphatic carbocycles. The molecule has 3 aromatic carbocycles. The number of amides is 1. The standard InChI is InChI=1S/C33H36N6O5/c1-2-24-22(17-35-27(19-41)30(42)20-7-4-3-5-8-20)9-6-10-26(24)37-28-25(31(34)43)18-36-33-29(28)38-32(39-33)21-11-13-23(14-12-21)44-16-15-40/h3-14,18,27,30,35,40-42H,2,15-17,19H2,1H3,(H2,34,43)(H2,36,37,38,39)/t27-,30+/m0/s1. The number of primary amides is 1. The lowest BCUT2D eigenvalue weighted by Gasteiger charge is -2.24. The van der Waals surface area contributed by atoms with E-state index in [1.54, 1.807) is 12.1 Å². The fraction of sp³-hybridized carbons (Fsp3) is 0.242. The first-order chi connectivity index (χ1) is 21.4. The van der Waals surface area contributed by atoms with E-state index in [9.17, 15) is 15.0 Å². The van der Waals surface area contributed by atoms with Gasteiger partial charge in [0.25, 0.3) is 5.91 Å². The number of nitrogens with one attached hydrogen (secondary N) is 3. The van der Waals surface area contributed by atoms with Crippen molar-refractivity contribution in [2.75, 3.05) is 25.1 Å². The molecule has 2 heterocycles. The zero-order valence-corrected chi connectivity index (χ0v) is 24.3. The number of benzene rings is 3. The minimum atomic E-state index is -0.881. The second-order valence-corrected chi connectivity index (χ2v) is 10.2. The van der Waals surface area contributed by atoms with Crippen molar-refractivity contribution in [3.63, 3.8) is 0 Å². The Morgan fingerprint density at radius 2 is 1.82 bits per heavy atom. The number of aromatic nitrogens is 3. The Morgan fingerprint density at radius 1 is 1.05 bits per heavy atom.